The number of hydrogen-bond acceptors (Lipinski definition) is 3. The van der Waals surface area contributed by atoms with Crippen molar-refractivity contribution in [2.45, 2.75) is 0 Å². The van der Waals surface area contributed by atoms with E-state index in [9.17, 15) is 14.4 Å². The summed E-state index contributed by atoms with van der Waals surface area (Å²) >= 11 is 0. The van der Waals surface area contributed by atoms with Gasteiger partial charge in [-0.1, -0.05) is 12.1 Å². The molecule has 0 saturated heterocycles. The molecule has 0 atom stereocenters. The van der Waals surface area contributed by atoms with Crippen LogP contribution in [0.3, 0.4) is 0 Å². The molecule has 0 fully saturated rings. The number of carbonyl (C=O) groups is 2. The van der Waals surface area contributed by atoms with Gasteiger partial charge in [-0.05, 0) is 12.1 Å². The Kier molecular flexibility index (Phi) is 1.77. The summed E-state index contributed by atoms with van der Waals surface area (Å²) in [6.45, 7) is 0. The fourth-order valence-corrected chi connectivity index (χ4v) is 1.31. The van der Waals surface area contributed by atoms with Crippen LogP contribution >= 0.6 is 0 Å². The first-order valence-corrected chi connectivity index (χ1v) is 3.94. The smallest absolute Gasteiger partial charge is 0.270 e. The molecule has 1 N–H and O–H groups in total. The zero-order chi connectivity index (χ0) is 10.1. The summed E-state index contributed by atoms with van der Waals surface area (Å²) in [4.78, 5) is 33.0. The highest BCUT2D eigenvalue weighted by molar-refractivity contribution is 6.37. The van der Waals surface area contributed by atoms with Crippen LogP contribution in [-0.2, 0) is 9.59 Å². The third-order valence-electron chi connectivity index (χ3n) is 1.98. The van der Waals surface area contributed by atoms with E-state index in [0.29, 0.717) is 11.3 Å². The third-order valence-corrected chi connectivity index (χ3v) is 1.98. The van der Waals surface area contributed by atoms with Gasteiger partial charge < -0.3 is 5.32 Å². The Labute approximate surface area is 79.2 Å². The molecular weight excluding hydrogens is 182 g/mol. The number of amides is 1. The lowest BCUT2D eigenvalue weighted by Crippen LogP contribution is -2.27. The molecule has 2 rings (SSSR count). The molecule has 4 nitrogen and oxygen atoms in total. The quantitative estimate of drug-likeness (QED) is 0.367. The van der Waals surface area contributed by atoms with E-state index in [1.807, 2.05) is 0 Å². The van der Waals surface area contributed by atoms with Crippen LogP contribution < -0.4 is 5.32 Å². The van der Waals surface area contributed by atoms with E-state index in [1.54, 1.807) is 24.3 Å². The Morgan fingerprint density at radius 1 is 1.14 bits per heavy atom. The largest absolute Gasteiger partial charge is 0.321 e. The van der Waals surface area contributed by atoms with Gasteiger partial charge in [-0.15, -0.1) is 0 Å². The van der Waals surface area contributed by atoms with Crippen molar-refractivity contribution in [3.8, 4) is 0 Å². The van der Waals surface area contributed by atoms with E-state index in [-0.39, 0.29) is 0 Å². The molecule has 1 aliphatic rings. The topological polar surface area (TPSA) is 63.2 Å². The molecule has 0 aliphatic carbocycles. The molecule has 0 aromatic heterocycles. The van der Waals surface area contributed by atoms with Crippen LogP contribution in [0.2, 0.25) is 0 Å². The Morgan fingerprint density at radius 3 is 2.57 bits per heavy atom. The van der Waals surface area contributed by atoms with Crippen molar-refractivity contribution in [2.24, 2.45) is 0 Å². The first-order valence-electron chi connectivity index (χ1n) is 3.94. The molecule has 0 unspecified atom stereocenters. The average Bonchev–Trinajstić information content (AvgIpc) is 2.18. The number of hydrogen-bond donors (Lipinski definition) is 1. The second-order valence-corrected chi connectivity index (χ2v) is 2.81. The van der Waals surface area contributed by atoms with Gasteiger partial charge >= 0.3 is 0 Å². The van der Waals surface area contributed by atoms with Crippen molar-refractivity contribution < 1.29 is 14.4 Å². The summed E-state index contributed by atoms with van der Waals surface area (Å²) in [5, 5.41) is 2.43. The number of anilines is 1. The van der Waals surface area contributed by atoms with Crippen molar-refractivity contribution in [2.75, 3.05) is 5.32 Å². The maximum Gasteiger partial charge on any atom is 0.270 e. The van der Waals surface area contributed by atoms with Gasteiger partial charge in [-0.2, -0.15) is 0 Å². The minimum atomic E-state index is -0.691. The van der Waals surface area contributed by atoms with E-state index in [4.69, 9.17) is 0 Å². The second kappa shape index (κ2) is 2.94. The lowest BCUT2D eigenvalue weighted by Gasteiger charge is -2.14. The van der Waals surface area contributed by atoms with Crippen LogP contribution in [-0.4, -0.2) is 17.6 Å². The fourth-order valence-electron chi connectivity index (χ4n) is 1.31. The van der Waals surface area contributed by atoms with Crippen molar-refractivity contribution in [3.63, 3.8) is 0 Å². The monoisotopic (exact) mass is 187 g/mol. The number of ketones is 1. The Hall–Kier alpha value is -2.19. The lowest BCUT2D eigenvalue weighted by atomic mass is 9.98. The summed E-state index contributed by atoms with van der Waals surface area (Å²) < 4.78 is 0. The summed E-state index contributed by atoms with van der Waals surface area (Å²) in [7, 11) is 0. The Bertz CT molecular complexity index is 484. The van der Waals surface area contributed by atoms with Crippen LogP contribution in [0.5, 0.6) is 0 Å². The van der Waals surface area contributed by atoms with Crippen molar-refractivity contribution in [3.05, 3.63) is 35.4 Å². The van der Waals surface area contributed by atoms with Crippen molar-refractivity contribution >= 4 is 23.3 Å². The Morgan fingerprint density at radius 2 is 1.86 bits per heavy atom. The highest BCUT2D eigenvalue weighted by Crippen LogP contribution is 2.23. The first-order chi connectivity index (χ1) is 6.74. The highest BCUT2D eigenvalue weighted by atomic mass is 16.2. The van der Waals surface area contributed by atoms with Crippen molar-refractivity contribution in [1.82, 2.24) is 0 Å². The summed E-state index contributed by atoms with van der Waals surface area (Å²) in [6, 6.07) is 6.51. The predicted molar refractivity (Wildman–Crippen MR) is 48.6 cm³/mol. The van der Waals surface area contributed by atoms with Gasteiger partial charge in [0.2, 0.25) is 5.78 Å². The van der Waals surface area contributed by atoms with Crippen LogP contribution in [0.25, 0.3) is 0 Å². The SMILES string of the molecule is O=C=C1C(=O)Nc2ccccc2C1=O. The van der Waals surface area contributed by atoms with E-state index in [2.05, 4.69) is 5.32 Å². The van der Waals surface area contributed by atoms with Gasteiger partial charge in [0, 0.05) is 5.56 Å². The molecule has 1 aromatic carbocycles. The van der Waals surface area contributed by atoms with Crippen LogP contribution in [0.4, 0.5) is 5.69 Å². The van der Waals surface area contributed by atoms with Crippen LogP contribution in [0, 0.1) is 0 Å². The molecule has 4 heteroatoms. The zero-order valence-electron chi connectivity index (χ0n) is 7.03. The van der Waals surface area contributed by atoms with E-state index >= 15 is 0 Å². The van der Waals surface area contributed by atoms with Gasteiger partial charge in [0.15, 0.2) is 5.57 Å². The molecule has 0 spiro atoms. The van der Waals surface area contributed by atoms with E-state index in [1.165, 1.54) is 5.94 Å². The predicted octanol–water partition coefficient (Wildman–Crippen LogP) is 0.579. The number of nitrogens with one attached hydrogen (secondary N) is 1. The minimum absolute atomic E-state index is 0.324. The van der Waals surface area contributed by atoms with E-state index < -0.39 is 17.3 Å². The number of benzene rings is 1. The van der Waals surface area contributed by atoms with Crippen molar-refractivity contribution in [1.29, 1.82) is 0 Å². The summed E-state index contributed by atoms with van der Waals surface area (Å²) in [6.07, 6.45) is 0. The number of Topliss-reactive ketones (excluding diaryl/α,β-unsaturated/α-hetero) is 1. The lowest BCUT2D eigenvalue weighted by molar-refractivity contribution is -0.112. The van der Waals surface area contributed by atoms with Gasteiger partial charge in [-0.3, -0.25) is 9.59 Å². The third kappa shape index (κ3) is 1.06. The molecule has 1 aromatic rings. The molecule has 0 radical (unpaired) electrons. The molecular formula is C10H5NO3. The van der Waals surface area contributed by atoms with Gasteiger partial charge in [0.05, 0.1) is 5.69 Å². The molecule has 1 heterocycles. The zero-order valence-corrected chi connectivity index (χ0v) is 7.03. The highest BCUT2D eigenvalue weighted by Gasteiger charge is 2.28. The molecule has 14 heavy (non-hydrogen) atoms. The number of rotatable bonds is 0. The first kappa shape index (κ1) is 8.41. The molecule has 68 valence electrons. The van der Waals surface area contributed by atoms with Crippen LogP contribution in [0.15, 0.2) is 29.8 Å². The molecule has 0 bridgehead atoms. The minimum Gasteiger partial charge on any atom is -0.321 e. The summed E-state index contributed by atoms with van der Waals surface area (Å²) in [5.74, 6) is 0.0884. The normalized spacial score (nSPS) is 14.4. The maximum absolute atomic E-state index is 11.5. The number of para-hydroxylation sites is 1. The second-order valence-electron chi connectivity index (χ2n) is 2.81. The number of carbonyl (C=O) groups excluding carboxylic acids is 3. The summed E-state index contributed by atoms with van der Waals surface area (Å²) in [5.41, 5.74) is 0.288. The molecule has 1 amide bonds. The van der Waals surface area contributed by atoms with Crippen LogP contribution in [0.1, 0.15) is 10.4 Å². The number of fused-ring (bicyclic) bond motifs is 1. The fraction of sp³-hybridized carbons (Fsp3) is 0. The van der Waals surface area contributed by atoms with Gasteiger partial charge in [0.1, 0.15) is 5.94 Å². The standard InChI is InChI=1S/C10H5NO3/c12-5-7-9(13)6-3-1-2-4-8(6)11-10(7)14/h1-4H,(H,11,14). The molecule has 1 aliphatic heterocycles. The molecule has 0 saturated carbocycles. The Balaban J connectivity index is 2.66. The average molecular weight is 187 g/mol. The van der Waals surface area contributed by atoms with Gasteiger partial charge in [0.25, 0.3) is 5.91 Å². The van der Waals surface area contributed by atoms with E-state index in [0.717, 1.165) is 0 Å². The maximum atomic E-state index is 11.5. The van der Waals surface area contributed by atoms with Gasteiger partial charge in [-0.25, -0.2) is 4.79 Å².